The summed E-state index contributed by atoms with van der Waals surface area (Å²) in [7, 11) is 0. The van der Waals surface area contributed by atoms with Gasteiger partial charge in [0.1, 0.15) is 11.9 Å². The van der Waals surface area contributed by atoms with E-state index in [1.54, 1.807) is 18.2 Å². The van der Waals surface area contributed by atoms with Crippen LogP contribution in [0.15, 0.2) is 24.3 Å². The van der Waals surface area contributed by atoms with Gasteiger partial charge in [-0.15, -0.1) is 0 Å². The van der Waals surface area contributed by atoms with Crippen LogP contribution in [0.5, 0.6) is 0 Å². The van der Waals surface area contributed by atoms with E-state index in [-0.39, 0.29) is 23.8 Å². The van der Waals surface area contributed by atoms with Crippen LogP contribution < -0.4 is 5.32 Å². The molecule has 2 fully saturated rings. The Labute approximate surface area is 160 Å². The van der Waals surface area contributed by atoms with E-state index in [1.807, 2.05) is 11.8 Å². The summed E-state index contributed by atoms with van der Waals surface area (Å²) >= 11 is 0. The van der Waals surface area contributed by atoms with Crippen LogP contribution in [-0.2, 0) is 14.3 Å². The lowest BCUT2D eigenvalue weighted by atomic mass is 10.0. The standard InChI is InChI=1S/C20H30FN3O3/c1-15(16(2)23-7-11-26-12-8-23)22-20(25)19(24-9-13-27-14-10-24)17-5-3-4-6-18(17)21/h3-6,15-16,19H,7-14H2,1-2H3,(H,22,25). The van der Waals surface area contributed by atoms with Gasteiger partial charge < -0.3 is 14.8 Å². The number of benzene rings is 1. The zero-order valence-corrected chi connectivity index (χ0v) is 16.2. The fourth-order valence-corrected chi connectivity index (χ4v) is 3.76. The van der Waals surface area contributed by atoms with Crippen molar-refractivity contribution >= 4 is 5.91 Å². The number of hydrogen-bond donors (Lipinski definition) is 1. The molecule has 0 spiro atoms. The minimum absolute atomic E-state index is 0.0501. The average Bonchev–Trinajstić information content (AvgIpc) is 2.70. The Bertz CT molecular complexity index is 618. The molecule has 0 radical (unpaired) electrons. The number of halogens is 1. The molecule has 0 aromatic heterocycles. The van der Waals surface area contributed by atoms with Crippen molar-refractivity contribution < 1.29 is 18.7 Å². The van der Waals surface area contributed by atoms with Gasteiger partial charge in [-0.2, -0.15) is 0 Å². The topological polar surface area (TPSA) is 54.0 Å². The van der Waals surface area contributed by atoms with E-state index in [0.717, 1.165) is 26.3 Å². The molecule has 3 unspecified atom stereocenters. The number of nitrogens with one attached hydrogen (secondary N) is 1. The van der Waals surface area contributed by atoms with Gasteiger partial charge in [-0.1, -0.05) is 18.2 Å². The quantitative estimate of drug-likeness (QED) is 0.810. The first kappa shape index (κ1) is 20.2. The van der Waals surface area contributed by atoms with Crippen LogP contribution in [0.2, 0.25) is 0 Å². The van der Waals surface area contributed by atoms with Crippen LogP contribution in [0.1, 0.15) is 25.5 Å². The Balaban J connectivity index is 1.73. The van der Waals surface area contributed by atoms with Crippen LogP contribution in [0.4, 0.5) is 4.39 Å². The zero-order chi connectivity index (χ0) is 19.2. The van der Waals surface area contributed by atoms with Gasteiger partial charge in [0.05, 0.1) is 26.4 Å². The first-order valence-corrected chi connectivity index (χ1v) is 9.76. The molecule has 0 aliphatic carbocycles. The van der Waals surface area contributed by atoms with Crippen molar-refractivity contribution in [3.63, 3.8) is 0 Å². The zero-order valence-electron chi connectivity index (χ0n) is 16.2. The van der Waals surface area contributed by atoms with Crippen molar-refractivity contribution in [1.82, 2.24) is 15.1 Å². The number of nitrogens with zero attached hydrogens (tertiary/aromatic N) is 2. The third-order valence-electron chi connectivity index (χ3n) is 5.57. The first-order valence-electron chi connectivity index (χ1n) is 9.76. The van der Waals surface area contributed by atoms with Crippen LogP contribution in [0, 0.1) is 5.82 Å². The van der Waals surface area contributed by atoms with E-state index >= 15 is 0 Å². The lowest BCUT2D eigenvalue weighted by molar-refractivity contribution is -0.129. The molecular weight excluding hydrogens is 349 g/mol. The van der Waals surface area contributed by atoms with E-state index in [0.29, 0.717) is 31.9 Å². The van der Waals surface area contributed by atoms with Crippen LogP contribution >= 0.6 is 0 Å². The minimum Gasteiger partial charge on any atom is -0.379 e. The smallest absolute Gasteiger partial charge is 0.242 e. The third kappa shape index (κ3) is 5.04. The molecule has 1 aromatic rings. The van der Waals surface area contributed by atoms with Gasteiger partial charge in [0.2, 0.25) is 5.91 Å². The van der Waals surface area contributed by atoms with Gasteiger partial charge in [-0.25, -0.2) is 4.39 Å². The second-order valence-electron chi connectivity index (χ2n) is 7.26. The molecule has 1 N–H and O–H groups in total. The Morgan fingerprint density at radius 2 is 1.56 bits per heavy atom. The van der Waals surface area contributed by atoms with Gasteiger partial charge in [-0.3, -0.25) is 14.6 Å². The number of carbonyl (C=O) groups excluding carboxylic acids is 1. The number of hydrogen-bond acceptors (Lipinski definition) is 5. The fourth-order valence-electron chi connectivity index (χ4n) is 3.76. The van der Waals surface area contributed by atoms with Crippen molar-refractivity contribution in [2.45, 2.75) is 32.0 Å². The molecule has 7 heteroatoms. The van der Waals surface area contributed by atoms with Gasteiger partial charge in [0.15, 0.2) is 0 Å². The Kier molecular flexibility index (Phi) is 7.18. The molecule has 150 valence electrons. The van der Waals surface area contributed by atoms with Gasteiger partial charge in [0, 0.05) is 43.8 Å². The highest BCUT2D eigenvalue weighted by Crippen LogP contribution is 2.25. The highest BCUT2D eigenvalue weighted by molar-refractivity contribution is 5.83. The summed E-state index contributed by atoms with van der Waals surface area (Å²) in [6, 6.07) is 6.03. The lowest BCUT2D eigenvalue weighted by Crippen LogP contribution is -2.54. The predicted molar refractivity (Wildman–Crippen MR) is 101 cm³/mol. The van der Waals surface area contributed by atoms with Crippen molar-refractivity contribution in [2.24, 2.45) is 0 Å². The van der Waals surface area contributed by atoms with Crippen molar-refractivity contribution in [3.05, 3.63) is 35.6 Å². The van der Waals surface area contributed by atoms with Crippen LogP contribution in [-0.4, -0.2) is 80.4 Å². The average molecular weight is 379 g/mol. The minimum atomic E-state index is -0.644. The van der Waals surface area contributed by atoms with E-state index in [2.05, 4.69) is 17.1 Å². The molecule has 2 heterocycles. The summed E-state index contributed by atoms with van der Waals surface area (Å²) in [5.41, 5.74) is 0.420. The molecule has 0 saturated carbocycles. The van der Waals surface area contributed by atoms with E-state index in [4.69, 9.17) is 9.47 Å². The molecule has 27 heavy (non-hydrogen) atoms. The van der Waals surface area contributed by atoms with Crippen molar-refractivity contribution in [3.8, 4) is 0 Å². The number of rotatable bonds is 6. The van der Waals surface area contributed by atoms with Gasteiger partial charge in [0.25, 0.3) is 0 Å². The maximum absolute atomic E-state index is 14.5. The molecule has 3 rings (SSSR count). The van der Waals surface area contributed by atoms with E-state index in [1.165, 1.54) is 6.07 Å². The summed E-state index contributed by atoms with van der Waals surface area (Å²) in [5.74, 6) is -0.507. The molecule has 2 saturated heterocycles. The van der Waals surface area contributed by atoms with Crippen LogP contribution in [0.25, 0.3) is 0 Å². The second-order valence-corrected chi connectivity index (χ2v) is 7.26. The van der Waals surface area contributed by atoms with E-state index < -0.39 is 6.04 Å². The molecule has 1 amide bonds. The molecule has 0 bridgehead atoms. The summed E-state index contributed by atoms with van der Waals surface area (Å²) < 4.78 is 25.3. The Hall–Kier alpha value is -1.54. The summed E-state index contributed by atoms with van der Waals surface area (Å²) in [6.07, 6.45) is 0. The SMILES string of the molecule is CC(NC(=O)C(c1ccccc1F)N1CCOCC1)C(C)N1CCOCC1. The highest BCUT2D eigenvalue weighted by Gasteiger charge is 2.33. The molecule has 6 nitrogen and oxygen atoms in total. The lowest BCUT2D eigenvalue weighted by Gasteiger charge is -2.38. The number of amides is 1. The predicted octanol–water partition coefficient (Wildman–Crippen LogP) is 1.42. The van der Waals surface area contributed by atoms with E-state index in [9.17, 15) is 9.18 Å². The molecular formula is C20H30FN3O3. The number of ether oxygens (including phenoxy) is 2. The van der Waals surface area contributed by atoms with Crippen molar-refractivity contribution in [2.75, 3.05) is 52.6 Å². The maximum atomic E-state index is 14.5. The van der Waals surface area contributed by atoms with Gasteiger partial charge in [-0.05, 0) is 19.9 Å². The monoisotopic (exact) mass is 379 g/mol. The van der Waals surface area contributed by atoms with Gasteiger partial charge >= 0.3 is 0 Å². The maximum Gasteiger partial charge on any atom is 0.242 e. The van der Waals surface area contributed by atoms with Crippen molar-refractivity contribution in [1.29, 1.82) is 0 Å². The number of carbonyl (C=O) groups is 1. The summed E-state index contributed by atoms with van der Waals surface area (Å²) in [6.45, 7) is 9.62. The number of morpholine rings is 2. The molecule has 2 aliphatic rings. The first-order chi connectivity index (χ1) is 13.1. The fraction of sp³-hybridized carbons (Fsp3) is 0.650. The van der Waals surface area contributed by atoms with Crippen LogP contribution in [0.3, 0.4) is 0 Å². The third-order valence-corrected chi connectivity index (χ3v) is 5.57. The normalized spacial score (nSPS) is 22.8. The summed E-state index contributed by atoms with van der Waals surface area (Å²) in [4.78, 5) is 17.5. The molecule has 1 aromatic carbocycles. The highest BCUT2D eigenvalue weighted by atomic mass is 19.1. The molecule has 2 aliphatic heterocycles. The Morgan fingerprint density at radius 3 is 2.15 bits per heavy atom. The largest absolute Gasteiger partial charge is 0.379 e. The second kappa shape index (κ2) is 9.59. The Morgan fingerprint density at radius 1 is 1.00 bits per heavy atom. The molecule has 3 atom stereocenters. The summed E-state index contributed by atoms with van der Waals surface area (Å²) in [5, 5.41) is 3.13.